The minimum atomic E-state index is -0.839. The van der Waals surface area contributed by atoms with Crippen LogP contribution in [0.1, 0.15) is 35.0 Å². The Hall–Kier alpha value is -1.36. The van der Waals surface area contributed by atoms with E-state index in [2.05, 4.69) is 5.32 Å². The maximum absolute atomic E-state index is 11.7. The van der Waals surface area contributed by atoms with Crippen molar-refractivity contribution < 1.29 is 14.7 Å². The molecule has 1 atom stereocenters. The molecule has 0 spiro atoms. The molecule has 1 aromatic rings. The third-order valence-corrected chi connectivity index (χ3v) is 3.25. The van der Waals surface area contributed by atoms with Crippen LogP contribution in [0.4, 0.5) is 0 Å². The zero-order valence-corrected chi connectivity index (χ0v) is 10.1. The SMILES string of the molecule is Cc1ccsc1C(=O)N[C@@H](C)CCC(=O)O. The molecule has 1 aromatic heterocycles. The summed E-state index contributed by atoms with van der Waals surface area (Å²) in [5.41, 5.74) is 0.952. The Morgan fingerprint density at radius 3 is 2.75 bits per heavy atom. The fourth-order valence-corrected chi connectivity index (χ4v) is 2.13. The molecule has 1 heterocycles. The number of carboxylic acids is 1. The predicted molar refractivity (Wildman–Crippen MR) is 62.9 cm³/mol. The van der Waals surface area contributed by atoms with Crippen molar-refractivity contribution in [2.24, 2.45) is 0 Å². The van der Waals surface area contributed by atoms with E-state index in [0.29, 0.717) is 11.3 Å². The predicted octanol–water partition coefficient (Wildman–Crippen LogP) is 2.04. The van der Waals surface area contributed by atoms with Gasteiger partial charge in [-0.1, -0.05) is 0 Å². The highest BCUT2D eigenvalue weighted by Crippen LogP contribution is 2.15. The second kappa shape index (κ2) is 5.65. The van der Waals surface area contributed by atoms with Gasteiger partial charge < -0.3 is 10.4 Å². The van der Waals surface area contributed by atoms with Crippen molar-refractivity contribution >= 4 is 23.2 Å². The van der Waals surface area contributed by atoms with Gasteiger partial charge in [0.2, 0.25) is 0 Å². The molecule has 0 fully saturated rings. The number of nitrogens with one attached hydrogen (secondary N) is 1. The highest BCUT2D eigenvalue weighted by molar-refractivity contribution is 7.12. The van der Waals surface area contributed by atoms with Gasteiger partial charge in [0.05, 0.1) is 4.88 Å². The van der Waals surface area contributed by atoms with Gasteiger partial charge >= 0.3 is 5.97 Å². The first-order chi connectivity index (χ1) is 7.50. The minimum absolute atomic E-state index is 0.0743. The van der Waals surface area contributed by atoms with Gasteiger partial charge in [-0.2, -0.15) is 0 Å². The quantitative estimate of drug-likeness (QED) is 0.829. The van der Waals surface area contributed by atoms with E-state index in [9.17, 15) is 9.59 Å². The van der Waals surface area contributed by atoms with Gasteiger partial charge in [0.25, 0.3) is 5.91 Å². The van der Waals surface area contributed by atoms with Crippen LogP contribution in [0.5, 0.6) is 0 Å². The molecule has 88 valence electrons. The Morgan fingerprint density at radius 2 is 2.25 bits per heavy atom. The third kappa shape index (κ3) is 3.66. The molecule has 0 bridgehead atoms. The summed E-state index contributed by atoms with van der Waals surface area (Å²) in [7, 11) is 0. The van der Waals surface area contributed by atoms with Crippen LogP contribution in [0.3, 0.4) is 0 Å². The number of amides is 1. The molecule has 16 heavy (non-hydrogen) atoms. The average molecular weight is 241 g/mol. The van der Waals surface area contributed by atoms with Crippen LogP contribution in [0, 0.1) is 6.92 Å². The second-order valence-electron chi connectivity index (χ2n) is 3.74. The lowest BCUT2D eigenvalue weighted by molar-refractivity contribution is -0.137. The summed E-state index contributed by atoms with van der Waals surface area (Å²) in [6.07, 6.45) is 0.524. The molecule has 0 saturated carbocycles. The van der Waals surface area contributed by atoms with E-state index in [1.165, 1.54) is 11.3 Å². The number of carbonyl (C=O) groups excluding carboxylic acids is 1. The zero-order valence-electron chi connectivity index (χ0n) is 9.32. The summed E-state index contributed by atoms with van der Waals surface area (Å²) in [5, 5.41) is 13.2. The number of carboxylic acid groups (broad SMARTS) is 1. The highest BCUT2D eigenvalue weighted by atomic mass is 32.1. The van der Waals surface area contributed by atoms with Crippen molar-refractivity contribution in [3.05, 3.63) is 21.9 Å². The fourth-order valence-electron chi connectivity index (χ4n) is 1.31. The van der Waals surface area contributed by atoms with Gasteiger partial charge in [0.1, 0.15) is 0 Å². The van der Waals surface area contributed by atoms with Crippen LogP contribution in [-0.4, -0.2) is 23.0 Å². The van der Waals surface area contributed by atoms with Crippen molar-refractivity contribution in [1.29, 1.82) is 0 Å². The van der Waals surface area contributed by atoms with Gasteiger partial charge in [-0.3, -0.25) is 9.59 Å². The van der Waals surface area contributed by atoms with E-state index < -0.39 is 5.97 Å². The summed E-state index contributed by atoms with van der Waals surface area (Å²) >= 11 is 1.40. The van der Waals surface area contributed by atoms with Crippen LogP contribution >= 0.6 is 11.3 Å². The van der Waals surface area contributed by atoms with Crippen LogP contribution in [-0.2, 0) is 4.79 Å². The molecule has 1 amide bonds. The smallest absolute Gasteiger partial charge is 0.303 e. The van der Waals surface area contributed by atoms with Crippen molar-refractivity contribution in [2.45, 2.75) is 32.7 Å². The number of hydrogen-bond donors (Lipinski definition) is 2. The number of aliphatic carboxylic acids is 1. The number of rotatable bonds is 5. The Kier molecular flexibility index (Phi) is 4.49. The number of aryl methyl sites for hydroxylation is 1. The summed E-state index contributed by atoms with van der Waals surface area (Å²) in [6.45, 7) is 3.69. The largest absolute Gasteiger partial charge is 0.481 e. The number of hydrogen-bond acceptors (Lipinski definition) is 3. The summed E-state index contributed by atoms with van der Waals surface area (Å²) in [4.78, 5) is 22.8. The van der Waals surface area contributed by atoms with Gasteiger partial charge in [0.15, 0.2) is 0 Å². The normalized spacial score (nSPS) is 12.1. The maximum Gasteiger partial charge on any atom is 0.303 e. The van der Waals surface area contributed by atoms with Gasteiger partial charge in [0, 0.05) is 12.5 Å². The fraction of sp³-hybridized carbons (Fsp3) is 0.455. The lowest BCUT2D eigenvalue weighted by atomic mass is 10.2. The molecule has 5 heteroatoms. The molecule has 1 rings (SSSR count). The number of thiophene rings is 1. The summed E-state index contributed by atoms with van der Waals surface area (Å²) in [6, 6.07) is 1.77. The van der Waals surface area contributed by atoms with Crippen molar-refractivity contribution in [1.82, 2.24) is 5.32 Å². The average Bonchev–Trinajstić information content (AvgIpc) is 2.61. The summed E-state index contributed by atoms with van der Waals surface area (Å²) < 4.78 is 0. The summed E-state index contributed by atoms with van der Waals surface area (Å²) in [5.74, 6) is -0.959. The van der Waals surface area contributed by atoms with Gasteiger partial charge in [-0.05, 0) is 37.3 Å². The molecule has 0 aliphatic rings. The second-order valence-corrected chi connectivity index (χ2v) is 4.66. The molecule has 0 aliphatic heterocycles. The van der Waals surface area contributed by atoms with Crippen molar-refractivity contribution in [3.8, 4) is 0 Å². The van der Waals surface area contributed by atoms with Crippen LogP contribution in [0.15, 0.2) is 11.4 Å². The molecular weight excluding hydrogens is 226 g/mol. The van der Waals surface area contributed by atoms with Gasteiger partial charge in [-0.25, -0.2) is 0 Å². The van der Waals surface area contributed by atoms with Crippen LogP contribution in [0.25, 0.3) is 0 Å². The molecule has 0 aliphatic carbocycles. The molecule has 0 radical (unpaired) electrons. The first-order valence-corrected chi connectivity index (χ1v) is 5.95. The van der Waals surface area contributed by atoms with Crippen molar-refractivity contribution in [2.75, 3.05) is 0 Å². The highest BCUT2D eigenvalue weighted by Gasteiger charge is 2.13. The van der Waals surface area contributed by atoms with E-state index in [-0.39, 0.29) is 18.4 Å². The van der Waals surface area contributed by atoms with Gasteiger partial charge in [-0.15, -0.1) is 11.3 Å². The Balaban J connectivity index is 2.46. The molecular formula is C11H15NO3S. The molecule has 4 nitrogen and oxygen atoms in total. The molecule has 0 saturated heterocycles. The third-order valence-electron chi connectivity index (χ3n) is 2.24. The standard InChI is InChI=1S/C11H15NO3S/c1-7-5-6-16-10(7)11(15)12-8(2)3-4-9(13)14/h5-6,8H,3-4H2,1-2H3,(H,12,15)(H,13,14)/t8-/m0/s1. The maximum atomic E-state index is 11.7. The van der Waals surface area contributed by atoms with E-state index in [1.54, 1.807) is 0 Å². The Labute approximate surface area is 98.3 Å². The molecule has 2 N–H and O–H groups in total. The van der Waals surface area contributed by atoms with Crippen LogP contribution < -0.4 is 5.32 Å². The topological polar surface area (TPSA) is 66.4 Å². The molecule has 0 unspecified atom stereocenters. The molecule has 0 aromatic carbocycles. The van der Waals surface area contributed by atoms with E-state index >= 15 is 0 Å². The van der Waals surface area contributed by atoms with E-state index in [1.807, 2.05) is 25.3 Å². The first-order valence-electron chi connectivity index (χ1n) is 5.07. The first kappa shape index (κ1) is 12.7. The minimum Gasteiger partial charge on any atom is -0.481 e. The number of carbonyl (C=O) groups is 2. The van der Waals surface area contributed by atoms with Crippen LogP contribution in [0.2, 0.25) is 0 Å². The van der Waals surface area contributed by atoms with Crippen molar-refractivity contribution in [3.63, 3.8) is 0 Å². The lowest BCUT2D eigenvalue weighted by Crippen LogP contribution is -2.32. The zero-order chi connectivity index (χ0) is 12.1. The lowest BCUT2D eigenvalue weighted by Gasteiger charge is -2.12. The van der Waals surface area contributed by atoms with E-state index in [0.717, 1.165) is 5.56 Å². The Morgan fingerprint density at radius 1 is 1.56 bits per heavy atom. The monoisotopic (exact) mass is 241 g/mol. The Bertz CT molecular complexity index is 386. The van der Waals surface area contributed by atoms with E-state index in [4.69, 9.17) is 5.11 Å².